The molecule has 1 aliphatic rings. The number of halogens is 1. The van der Waals surface area contributed by atoms with Gasteiger partial charge in [0.15, 0.2) is 5.96 Å². The Morgan fingerprint density at radius 3 is 2.20 bits per heavy atom. The molecule has 20 heavy (non-hydrogen) atoms. The zero-order valence-electron chi connectivity index (χ0n) is 13.8. The molecule has 0 aromatic heterocycles. The van der Waals surface area contributed by atoms with Gasteiger partial charge in [-0.05, 0) is 52.9 Å². The van der Waals surface area contributed by atoms with Gasteiger partial charge in [0.05, 0.1) is 0 Å². The largest absolute Gasteiger partial charge is 0.356 e. The van der Waals surface area contributed by atoms with Crippen LogP contribution in [-0.4, -0.2) is 49.6 Å². The maximum absolute atomic E-state index is 4.26. The minimum absolute atomic E-state index is 0. The Kier molecular flexibility index (Phi) is 10.6. The van der Waals surface area contributed by atoms with Gasteiger partial charge in [-0.1, -0.05) is 0 Å². The van der Waals surface area contributed by atoms with E-state index in [1.54, 1.807) is 0 Å². The molecule has 0 aromatic carbocycles. The van der Waals surface area contributed by atoms with E-state index in [1.165, 1.54) is 12.8 Å². The number of hydrogen-bond donors (Lipinski definition) is 2. The summed E-state index contributed by atoms with van der Waals surface area (Å²) in [7, 11) is 1.84. The Morgan fingerprint density at radius 1 is 1.15 bits per heavy atom. The van der Waals surface area contributed by atoms with Crippen LogP contribution in [0.5, 0.6) is 0 Å². The lowest BCUT2D eigenvalue weighted by Gasteiger charge is -2.30. The molecule has 0 spiro atoms. The molecule has 2 N–H and O–H groups in total. The predicted molar refractivity (Wildman–Crippen MR) is 99.1 cm³/mol. The van der Waals surface area contributed by atoms with Gasteiger partial charge in [0, 0.05) is 38.8 Å². The third-order valence-electron chi connectivity index (χ3n) is 3.69. The first-order valence-electron chi connectivity index (χ1n) is 7.74. The molecule has 0 amide bonds. The second kappa shape index (κ2) is 10.7. The summed E-state index contributed by atoms with van der Waals surface area (Å²) in [4.78, 5) is 6.79. The first-order chi connectivity index (χ1) is 9.04. The predicted octanol–water partition coefficient (Wildman–Crippen LogP) is 2.69. The standard InChI is InChI=1S/C15H32N4.HI/c1-12(2)19(13(3)4)10-6-9-17-15(16-5)18-11-14-7-8-14;/h12-14H,6-11H2,1-5H3,(H2,16,17,18);1H. The van der Waals surface area contributed by atoms with Gasteiger partial charge < -0.3 is 10.6 Å². The summed E-state index contributed by atoms with van der Waals surface area (Å²) < 4.78 is 0. The van der Waals surface area contributed by atoms with Crippen molar-refractivity contribution in [3.05, 3.63) is 0 Å². The van der Waals surface area contributed by atoms with Crippen molar-refractivity contribution in [1.29, 1.82) is 0 Å². The van der Waals surface area contributed by atoms with E-state index >= 15 is 0 Å². The molecule has 0 atom stereocenters. The number of nitrogens with one attached hydrogen (secondary N) is 2. The average molecular weight is 396 g/mol. The Labute approximate surface area is 142 Å². The molecule has 0 aliphatic heterocycles. The molecular formula is C15H33IN4. The van der Waals surface area contributed by atoms with Gasteiger partial charge >= 0.3 is 0 Å². The molecule has 1 fully saturated rings. The SMILES string of the molecule is CN=C(NCCCN(C(C)C)C(C)C)NCC1CC1.I. The topological polar surface area (TPSA) is 39.7 Å². The van der Waals surface area contributed by atoms with E-state index in [0.717, 1.165) is 37.9 Å². The molecule has 0 unspecified atom stereocenters. The fraction of sp³-hybridized carbons (Fsp3) is 0.933. The van der Waals surface area contributed by atoms with Crippen LogP contribution in [0.3, 0.4) is 0 Å². The minimum Gasteiger partial charge on any atom is -0.356 e. The van der Waals surface area contributed by atoms with Gasteiger partial charge in [-0.3, -0.25) is 9.89 Å². The maximum atomic E-state index is 4.26. The molecule has 4 nitrogen and oxygen atoms in total. The van der Waals surface area contributed by atoms with Gasteiger partial charge in [-0.2, -0.15) is 0 Å². The van der Waals surface area contributed by atoms with Crippen LogP contribution in [0.15, 0.2) is 4.99 Å². The first-order valence-corrected chi connectivity index (χ1v) is 7.74. The lowest BCUT2D eigenvalue weighted by molar-refractivity contribution is 0.173. The van der Waals surface area contributed by atoms with Crippen LogP contribution in [0.1, 0.15) is 47.0 Å². The fourth-order valence-electron chi connectivity index (χ4n) is 2.36. The van der Waals surface area contributed by atoms with Crippen molar-refractivity contribution < 1.29 is 0 Å². The molecule has 0 bridgehead atoms. The van der Waals surface area contributed by atoms with Crippen molar-refractivity contribution >= 4 is 29.9 Å². The third kappa shape index (κ3) is 8.29. The van der Waals surface area contributed by atoms with Crippen LogP contribution in [-0.2, 0) is 0 Å². The van der Waals surface area contributed by atoms with Gasteiger partial charge in [-0.25, -0.2) is 0 Å². The molecule has 0 saturated heterocycles. The van der Waals surface area contributed by atoms with Crippen molar-refractivity contribution in [2.24, 2.45) is 10.9 Å². The highest BCUT2D eigenvalue weighted by molar-refractivity contribution is 14.0. The molecular weight excluding hydrogens is 363 g/mol. The molecule has 120 valence electrons. The van der Waals surface area contributed by atoms with Crippen LogP contribution < -0.4 is 10.6 Å². The number of aliphatic imine (C=N–C) groups is 1. The molecule has 1 aliphatic carbocycles. The normalized spacial score (nSPS) is 15.7. The highest BCUT2D eigenvalue weighted by Gasteiger charge is 2.21. The molecule has 1 rings (SSSR count). The maximum Gasteiger partial charge on any atom is 0.190 e. The van der Waals surface area contributed by atoms with Gasteiger partial charge in [0.2, 0.25) is 0 Å². The van der Waals surface area contributed by atoms with Gasteiger partial charge in [0.1, 0.15) is 0 Å². The highest BCUT2D eigenvalue weighted by Crippen LogP contribution is 2.27. The smallest absolute Gasteiger partial charge is 0.190 e. The third-order valence-corrected chi connectivity index (χ3v) is 3.69. The summed E-state index contributed by atoms with van der Waals surface area (Å²) in [5, 5.41) is 6.79. The quantitative estimate of drug-likeness (QED) is 0.287. The van der Waals surface area contributed by atoms with E-state index in [4.69, 9.17) is 0 Å². The fourth-order valence-corrected chi connectivity index (χ4v) is 2.36. The number of hydrogen-bond acceptors (Lipinski definition) is 2. The Balaban J connectivity index is 0.00000361. The average Bonchev–Trinajstić information content (AvgIpc) is 3.15. The van der Waals surface area contributed by atoms with Crippen molar-refractivity contribution in [2.75, 3.05) is 26.7 Å². The first kappa shape index (κ1) is 20.0. The van der Waals surface area contributed by atoms with Crippen LogP contribution in [0, 0.1) is 5.92 Å². The molecule has 0 aromatic rings. The van der Waals surface area contributed by atoms with Crippen molar-refractivity contribution in [1.82, 2.24) is 15.5 Å². The Hall–Kier alpha value is -0.0400. The second-order valence-electron chi connectivity index (χ2n) is 6.10. The Bertz CT molecular complexity index is 267. The van der Waals surface area contributed by atoms with Crippen LogP contribution >= 0.6 is 24.0 Å². The van der Waals surface area contributed by atoms with Gasteiger partial charge in [-0.15, -0.1) is 24.0 Å². The Morgan fingerprint density at radius 2 is 1.75 bits per heavy atom. The summed E-state index contributed by atoms with van der Waals surface area (Å²) in [5.74, 6) is 1.84. The molecule has 0 heterocycles. The summed E-state index contributed by atoms with van der Waals surface area (Å²) >= 11 is 0. The number of nitrogens with zero attached hydrogens (tertiary/aromatic N) is 2. The minimum atomic E-state index is 0. The van der Waals surface area contributed by atoms with E-state index in [0.29, 0.717) is 12.1 Å². The molecule has 0 radical (unpaired) electrons. The van der Waals surface area contributed by atoms with Crippen LogP contribution in [0.2, 0.25) is 0 Å². The van der Waals surface area contributed by atoms with Crippen molar-refractivity contribution in [2.45, 2.75) is 59.0 Å². The van der Waals surface area contributed by atoms with E-state index in [2.05, 4.69) is 48.2 Å². The highest BCUT2D eigenvalue weighted by atomic mass is 127. The van der Waals surface area contributed by atoms with Crippen LogP contribution in [0.4, 0.5) is 0 Å². The van der Waals surface area contributed by atoms with Crippen molar-refractivity contribution in [3.63, 3.8) is 0 Å². The van der Waals surface area contributed by atoms with Crippen molar-refractivity contribution in [3.8, 4) is 0 Å². The number of guanidine groups is 1. The second-order valence-corrected chi connectivity index (χ2v) is 6.10. The lowest BCUT2D eigenvalue weighted by atomic mass is 10.2. The van der Waals surface area contributed by atoms with E-state index in [-0.39, 0.29) is 24.0 Å². The summed E-state index contributed by atoms with van der Waals surface area (Å²) in [5.41, 5.74) is 0. The molecule has 5 heteroatoms. The number of rotatable bonds is 8. The summed E-state index contributed by atoms with van der Waals surface area (Å²) in [6, 6.07) is 1.24. The van der Waals surface area contributed by atoms with Gasteiger partial charge in [0.25, 0.3) is 0 Å². The monoisotopic (exact) mass is 396 g/mol. The van der Waals surface area contributed by atoms with E-state index in [9.17, 15) is 0 Å². The van der Waals surface area contributed by atoms with E-state index < -0.39 is 0 Å². The van der Waals surface area contributed by atoms with Crippen LogP contribution in [0.25, 0.3) is 0 Å². The zero-order chi connectivity index (χ0) is 14.3. The summed E-state index contributed by atoms with van der Waals surface area (Å²) in [6.45, 7) is 12.3. The zero-order valence-corrected chi connectivity index (χ0v) is 16.1. The molecule has 1 saturated carbocycles. The summed E-state index contributed by atoms with van der Waals surface area (Å²) in [6.07, 6.45) is 3.91. The lowest BCUT2D eigenvalue weighted by Crippen LogP contribution is -2.41. The van der Waals surface area contributed by atoms with E-state index in [1.807, 2.05) is 7.05 Å².